The van der Waals surface area contributed by atoms with Crippen LogP contribution in [0.4, 0.5) is 5.69 Å². The fourth-order valence-electron chi connectivity index (χ4n) is 2.62. The first-order valence-electron chi connectivity index (χ1n) is 9.27. The van der Waals surface area contributed by atoms with Gasteiger partial charge in [-0.25, -0.2) is 4.79 Å². The number of hydrogen-bond donors (Lipinski definition) is 2. The summed E-state index contributed by atoms with van der Waals surface area (Å²) in [5, 5.41) is 5.55. The molecule has 2 rings (SSSR count). The van der Waals surface area contributed by atoms with Crippen molar-refractivity contribution in [2.45, 2.75) is 33.7 Å². The number of aryl methyl sites for hydroxylation is 1. The van der Waals surface area contributed by atoms with E-state index in [4.69, 9.17) is 4.74 Å². The van der Waals surface area contributed by atoms with Gasteiger partial charge in [-0.1, -0.05) is 37.6 Å². The van der Waals surface area contributed by atoms with Gasteiger partial charge in [0.25, 0.3) is 5.91 Å². The van der Waals surface area contributed by atoms with E-state index >= 15 is 0 Å². The van der Waals surface area contributed by atoms with Crippen molar-refractivity contribution in [1.82, 2.24) is 5.32 Å². The summed E-state index contributed by atoms with van der Waals surface area (Å²) in [4.78, 5) is 37.1. The summed E-state index contributed by atoms with van der Waals surface area (Å²) in [5.74, 6) is -1.24. The van der Waals surface area contributed by atoms with E-state index in [2.05, 4.69) is 10.6 Å². The number of carbonyl (C=O) groups excluding carboxylic acids is 3. The summed E-state index contributed by atoms with van der Waals surface area (Å²) in [7, 11) is 0. The van der Waals surface area contributed by atoms with Gasteiger partial charge in [-0.3, -0.25) is 9.59 Å². The lowest BCUT2D eigenvalue weighted by Crippen LogP contribution is -2.47. The van der Waals surface area contributed by atoms with Gasteiger partial charge in [0, 0.05) is 11.3 Å². The van der Waals surface area contributed by atoms with Gasteiger partial charge in [0.1, 0.15) is 6.04 Å². The highest BCUT2D eigenvalue weighted by Crippen LogP contribution is 2.14. The van der Waals surface area contributed by atoms with Gasteiger partial charge >= 0.3 is 5.97 Å². The monoisotopic (exact) mass is 382 g/mol. The SMILES string of the molecule is CCOC(=O)c1cccc(NC(=O)C(NC(=O)c2ccc(C)cc2)C(C)C)c1. The van der Waals surface area contributed by atoms with Crippen LogP contribution in [0.15, 0.2) is 48.5 Å². The molecule has 2 aromatic rings. The van der Waals surface area contributed by atoms with Crippen LogP contribution in [0, 0.1) is 12.8 Å². The second-order valence-electron chi connectivity index (χ2n) is 6.85. The average Bonchev–Trinajstić information content (AvgIpc) is 2.66. The number of rotatable bonds is 7. The van der Waals surface area contributed by atoms with E-state index in [9.17, 15) is 14.4 Å². The number of benzene rings is 2. The lowest BCUT2D eigenvalue weighted by atomic mass is 10.0. The molecule has 6 heteroatoms. The number of hydrogen-bond acceptors (Lipinski definition) is 4. The molecule has 148 valence electrons. The van der Waals surface area contributed by atoms with Crippen LogP contribution < -0.4 is 10.6 Å². The molecule has 0 saturated carbocycles. The molecule has 0 aromatic heterocycles. The maximum atomic E-state index is 12.7. The van der Waals surface area contributed by atoms with Crippen LogP contribution >= 0.6 is 0 Å². The van der Waals surface area contributed by atoms with E-state index in [-0.39, 0.29) is 24.3 Å². The van der Waals surface area contributed by atoms with Crippen molar-refractivity contribution in [1.29, 1.82) is 0 Å². The van der Waals surface area contributed by atoms with Crippen LogP contribution in [0.25, 0.3) is 0 Å². The lowest BCUT2D eigenvalue weighted by molar-refractivity contribution is -0.118. The molecule has 0 radical (unpaired) electrons. The van der Waals surface area contributed by atoms with E-state index in [1.807, 2.05) is 32.9 Å². The van der Waals surface area contributed by atoms with E-state index < -0.39 is 12.0 Å². The van der Waals surface area contributed by atoms with Crippen LogP contribution in [0.1, 0.15) is 47.1 Å². The van der Waals surface area contributed by atoms with E-state index in [1.54, 1.807) is 43.3 Å². The number of carbonyl (C=O) groups is 3. The summed E-state index contributed by atoms with van der Waals surface area (Å²) in [5.41, 5.74) is 2.36. The van der Waals surface area contributed by atoms with Gasteiger partial charge in [0.15, 0.2) is 0 Å². The zero-order valence-corrected chi connectivity index (χ0v) is 16.6. The molecule has 0 saturated heterocycles. The van der Waals surface area contributed by atoms with Gasteiger partial charge in [-0.05, 0) is 50.1 Å². The van der Waals surface area contributed by atoms with Crippen molar-refractivity contribution < 1.29 is 19.1 Å². The molecule has 1 atom stereocenters. The first-order valence-corrected chi connectivity index (χ1v) is 9.27. The second-order valence-corrected chi connectivity index (χ2v) is 6.85. The van der Waals surface area contributed by atoms with Crippen LogP contribution in [0.5, 0.6) is 0 Å². The van der Waals surface area contributed by atoms with Gasteiger partial charge in [-0.15, -0.1) is 0 Å². The normalized spacial score (nSPS) is 11.6. The first kappa shape index (κ1) is 21.2. The van der Waals surface area contributed by atoms with Crippen molar-refractivity contribution in [3.05, 3.63) is 65.2 Å². The van der Waals surface area contributed by atoms with Gasteiger partial charge < -0.3 is 15.4 Å². The Morgan fingerprint density at radius 3 is 2.29 bits per heavy atom. The molecule has 1 unspecified atom stereocenters. The number of anilines is 1. The van der Waals surface area contributed by atoms with Gasteiger partial charge in [-0.2, -0.15) is 0 Å². The minimum Gasteiger partial charge on any atom is -0.462 e. The zero-order chi connectivity index (χ0) is 20.7. The Morgan fingerprint density at radius 1 is 1.00 bits per heavy atom. The third-order valence-corrected chi connectivity index (χ3v) is 4.19. The maximum absolute atomic E-state index is 12.7. The Bertz CT molecular complexity index is 844. The summed E-state index contributed by atoms with van der Waals surface area (Å²) in [6.45, 7) is 7.66. The molecule has 0 aliphatic heterocycles. The highest BCUT2D eigenvalue weighted by Gasteiger charge is 2.25. The van der Waals surface area contributed by atoms with Crippen molar-refractivity contribution in [3.8, 4) is 0 Å². The molecule has 0 spiro atoms. The Hall–Kier alpha value is -3.15. The molecule has 2 amide bonds. The number of ether oxygens (including phenoxy) is 1. The largest absolute Gasteiger partial charge is 0.462 e. The summed E-state index contributed by atoms with van der Waals surface area (Å²) in [6.07, 6.45) is 0. The smallest absolute Gasteiger partial charge is 0.338 e. The van der Waals surface area contributed by atoms with Gasteiger partial charge in [0.05, 0.1) is 12.2 Å². The standard InChI is InChI=1S/C22H26N2O4/c1-5-28-22(27)17-7-6-8-18(13-17)23-21(26)19(14(2)3)24-20(25)16-11-9-15(4)10-12-16/h6-14,19H,5H2,1-4H3,(H,23,26)(H,24,25). The Labute approximate surface area is 165 Å². The predicted octanol–water partition coefficient (Wildman–Crippen LogP) is 3.56. The quantitative estimate of drug-likeness (QED) is 0.717. The topological polar surface area (TPSA) is 84.5 Å². The van der Waals surface area contributed by atoms with Crippen LogP contribution in [-0.2, 0) is 9.53 Å². The molecule has 0 fully saturated rings. The highest BCUT2D eigenvalue weighted by molar-refractivity contribution is 6.01. The molecular weight excluding hydrogens is 356 g/mol. The Balaban J connectivity index is 2.10. The van der Waals surface area contributed by atoms with Crippen molar-refractivity contribution in [2.75, 3.05) is 11.9 Å². The van der Waals surface area contributed by atoms with E-state index in [0.717, 1.165) is 5.56 Å². The Kier molecular flexibility index (Phi) is 7.32. The molecular formula is C22H26N2O4. The minimum absolute atomic E-state index is 0.123. The fourth-order valence-corrected chi connectivity index (χ4v) is 2.62. The third-order valence-electron chi connectivity index (χ3n) is 4.19. The number of esters is 1. The molecule has 28 heavy (non-hydrogen) atoms. The van der Waals surface area contributed by atoms with Crippen molar-refractivity contribution >= 4 is 23.5 Å². The lowest BCUT2D eigenvalue weighted by Gasteiger charge is -2.22. The van der Waals surface area contributed by atoms with Crippen molar-refractivity contribution in [2.24, 2.45) is 5.92 Å². The van der Waals surface area contributed by atoms with Crippen LogP contribution in [0.2, 0.25) is 0 Å². The highest BCUT2D eigenvalue weighted by atomic mass is 16.5. The third kappa shape index (κ3) is 5.67. The maximum Gasteiger partial charge on any atom is 0.338 e. The summed E-state index contributed by atoms with van der Waals surface area (Å²) >= 11 is 0. The zero-order valence-electron chi connectivity index (χ0n) is 16.6. The van der Waals surface area contributed by atoms with Crippen molar-refractivity contribution in [3.63, 3.8) is 0 Å². The summed E-state index contributed by atoms with van der Waals surface area (Å²) in [6, 6.07) is 12.9. The second kappa shape index (κ2) is 9.69. The minimum atomic E-state index is -0.722. The molecule has 6 nitrogen and oxygen atoms in total. The average molecular weight is 382 g/mol. The van der Waals surface area contributed by atoms with Crippen LogP contribution in [0.3, 0.4) is 0 Å². The molecule has 2 aromatic carbocycles. The molecule has 2 N–H and O–H groups in total. The Morgan fingerprint density at radius 2 is 1.68 bits per heavy atom. The van der Waals surface area contributed by atoms with Crippen LogP contribution in [-0.4, -0.2) is 30.4 Å². The first-order chi connectivity index (χ1) is 13.3. The van der Waals surface area contributed by atoms with E-state index in [1.165, 1.54) is 0 Å². The van der Waals surface area contributed by atoms with E-state index in [0.29, 0.717) is 16.8 Å². The summed E-state index contributed by atoms with van der Waals surface area (Å²) < 4.78 is 4.97. The molecule has 0 aliphatic rings. The van der Waals surface area contributed by atoms with Gasteiger partial charge in [0.2, 0.25) is 5.91 Å². The molecule has 0 bridgehead atoms. The predicted molar refractivity (Wildman–Crippen MR) is 108 cm³/mol. The number of nitrogens with one attached hydrogen (secondary N) is 2. The number of amides is 2. The fraction of sp³-hybridized carbons (Fsp3) is 0.318. The molecule has 0 heterocycles. The molecule has 0 aliphatic carbocycles.